The van der Waals surface area contributed by atoms with E-state index in [0.29, 0.717) is 16.9 Å². The Morgan fingerprint density at radius 3 is 2.26 bits per heavy atom. The fraction of sp³-hybridized carbons (Fsp3) is 0.364. The minimum absolute atomic E-state index is 0.0307. The van der Waals surface area contributed by atoms with E-state index in [1.807, 2.05) is 36.4 Å². The second-order valence-electron chi connectivity index (χ2n) is 7.01. The number of aryl methyl sites for hydroxylation is 1. The minimum atomic E-state index is -1.43. The predicted molar refractivity (Wildman–Crippen MR) is 110 cm³/mol. The van der Waals surface area contributed by atoms with Crippen molar-refractivity contribution >= 4 is 11.9 Å². The third-order valence-electron chi connectivity index (χ3n) is 5.04. The summed E-state index contributed by atoms with van der Waals surface area (Å²) in [7, 11) is 0. The van der Waals surface area contributed by atoms with Gasteiger partial charge in [0.2, 0.25) is 11.8 Å². The van der Waals surface area contributed by atoms with E-state index in [9.17, 15) is 14.9 Å². The number of aromatic nitrogens is 2. The highest BCUT2D eigenvalue weighted by Crippen LogP contribution is 2.50. The Kier molecular flexibility index (Phi) is 6.30. The van der Waals surface area contributed by atoms with Gasteiger partial charge in [-0.3, -0.25) is 9.59 Å². The summed E-state index contributed by atoms with van der Waals surface area (Å²) in [6.45, 7) is 5.39. The number of esters is 2. The van der Waals surface area contributed by atoms with E-state index in [1.54, 1.807) is 20.8 Å². The van der Waals surface area contributed by atoms with Crippen LogP contribution in [0.15, 0.2) is 41.8 Å². The summed E-state index contributed by atoms with van der Waals surface area (Å²) in [5.41, 5.74) is 6.29. The van der Waals surface area contributed by atoms with Crippen LogP contribution in [0.4, 0.5) is 0 Å². The number of rotatable bonds is 7. The van der Waals surface area contributed by atoms with Gasteiger partial charge < -0.3 is 19.9 Å². The first-order valence-corrected chi connectivity index (χ1v) is 9.92. The molecule has 9 nitrogen and oxygen atoms in total. The second-order valence-corrected chi connectivity index (χ2v) is 7.01. The summed E-state index contributed by atoms with van der Waals surface area (Å²) in [6.07, 6.45) is -0.581. The second kappa shape index (κ2) is 8.92. The quantitative estimate of drug-likeness (QED) is 0.671. The number of carbonyl (C=O) groups excluding carboxylic acids is 2. The van der Waals surface area contributed by atoms with Gasteiger partial charge in [0.1, 0.15) is 11.6 Å². The highest BCUT2D eigenvalue weighted by molar-refractivity contribution is 5.80. The van der Waals surface area contributed by atoms with Crippen molar-refractivity contribution in [2.75, 3.05) is 13.2 Å². The van der Waals surface area contributed by atoms with Gasteiger partial charge >= 0.3 is 11.9 Å². The molecule has 0 atom stereocenters. The third-order valence-corrected chi connectivity index (χ3v) is 5.04. The van der Waals surface area contributed by atoms with Gasteiger partial charge in [0, 0.05) is 0 Å². The highest BCUT2D eigenvalue weighted by Gasteiger charge is 2.51. The monoisotopic (exact) mass is 424 g/mol. The number of hydrogen-bond acceptors (Lipinski definition) is 8. The van der Waals surface area contributed by atoms with E-state index in [2.05, 4.69) is 5.10 Å². The van der Waals surface area contributed by atoms with Gasteiger partial charge in [-0.15, -0.1) is 0 Å². The van der Waals surface area contributed by atoms with E-state index < -0.39 is 17.4 Å². The SMILES string of the molecule is CCOC(=O)CC1(CC(=O)OCC)C(C#N)=C(N)Oc2c1c(C)nn2-c1ccccc1. The maximum Gasteiger partial charge on any atom is 0.307 e. The molecule has 0 aliphatic carbocycles. The molecule has 2 heterocycles. The van der Waals surface area contributed by atoms with Gasteiger partial charge in [0.05, 0.1) is 48.4 Å². The molecule has 1 aliphatic rings. The molecular weight excluding hydrogens is 400 g/mol. The van der Waals surface area contributed by atoms with Crippen molar-refractivity contribution in [3.05, 3.63) is 53.0 Å². The molecule has 0 unspecified atom stereocenters. The number of allylic oxidation sites excluding steroid dienone is 1. The molecule has 2 aromatic rings. The number of nitrogens with zero attached hydrogens (tertiary/aromatic N) is 3. The van der Waals surface area contributed by atoms with Gasteiger partial charge in [-0.1, -0.05) is 18.2 Å². The van der Waals surface area contributed by atoms with Gasteiger partial charge in [0.25, 0.3) is 0 Å². The van der Waals surface area contributed by atoms with E-state index in [4.69, 9.17) is 19.9 Å². The molecule has 0 saturated heterocycles. The van der Waals surface area contributed by atoms with Gasteiger partial charge in [-0.05, 0) is 32.9 Å². The zero-order valence-electron chi connectivity index (χ0n) is 17.7. The molecule has 9 heteroatoms. The molecule has 1 aromatic carbocycles. The molecule has 31 heavy (non-hydrogen) atoms. The van der Waals surface area contributed by atoms with Crippen molar-refractivity contribution in [2.45, 2.75) is 39.0 Å². The van der Waals surface area contributed by atoms with Crippen LogP contribution in [-0.4, -0.2) is 34.9 Å². The maximum absolute atomic E-state index is 12.6. The number of nitrogens with two attached hydrogens (primary N) is 1. The maximum atomic E-state index is 12.6. The predicted octanol–water partition coefficient (Wildman–Crippen LogP) is 2.41. The van der Waals surface area contributed by atoms with Crippen LogP contribution in [0, 0.1) is 18.3 Å². The van der Waals surface area contributed by atoms with Crippen molar-refractivity contribution in [1.29, 1.82) is 5.26 Å². The molecule has 1 aliphatic heterocycles. The number of carbonyl (C=O) groups is 2. The normalized spacial score (nSPS) is 14.3. The molecule has 0 fully saturated rings. The van der Waals surface area contributed by atoms with Crippen LogP contribution >= 0.6 is 0 Å². The lowest BCUT2D eigenvalue weighted by atomic mass is 9.68. The van der Waals surface area contributed by atoms with Crippen molar-refractivity contribution in [3.63, 3.8) is 0 Å². The van der Waals surface area contributed by atoms with Crippen LogP contribution in [0.25, 0.3) is 5.69 Å². The lowest BCUT2D eigenvalue weighted by Crippen LogP contribution is -2.40. The Morgan fingerprint density at radius 2 is 1.74 bits per heavy atom. The molecule has 0 amide bonds. The molecule has 162 valence electrons. The lowest BCUT2D eigenvalue weighted by molar-refractivity contribution is -0.147. The summed E-state index contributed by atoms with van der Waals surface area (Å²) >= 11 is 0. The third kappa shape index (κ3) is 3.97. The molecule has 2 N–H and O–H groups in total. The zero-order chi connectivity index (χ0) is 22.6. The van der Waals surface area contributed by atoms with Crippen LogP contribution in [0.3, 0.4) is 0 Å². The molecule has 0 saturated carbocycles. The fourth-order valence-electron chi connectivity index (χ4n) is 3.91. The van der Waals surface area contributed by atoms with Gasteiger partial charge in [0.15, 0.2) is 0 Å². The fourth-order valence-corrected chi connectivity index (χ4v) is 3.91. The summed E-state index contributed by atoms with van der Waals surface area (Å²) < 4.78 is 17.7. The number of hydrogen-bond donors (Lipinski definition) is 1. The number of ether oxygens (including phenoxy) is 3. The number of para-hydroxylation sites is 1. The molecular formula is C22H24N4O5. The largest absolute Gasteiger partial charge is 0.466 e. The molecule has 0 radical (unpaired) electrons. The van der Waals surface area contributed by atoms with E-state index in [0.717, 1.165) is 0 Å². The average Bonchev–Trinajstić information content (AvgIpc) is 3.05. The summed E-state index contributed by atoms with van der Waals surface area (Å²) in [6, 6.07) is 11.2. The lowest BCUT2D eigenvalue weighted by Gasteiger charge is -2.35. The number of benzene rings is 1. The number of nitriles is 1. The Bertz CT molecular complexity index is 1050. The highest BCUT2D eigenvalue weighted by atomic mass is 16.5. The first-order valence-electron chi connectivity index (χ1n) is 9.92. The van der Waals surface area contributed by atoms with E-state index in [1.165, 1.54) is 4.68 Å². The van der Waals surface area contributed by atoms with Crippen molar-refractivity contribution in [3.8, 4) is 17.6 Å². The van der Waals surface area contributed by atoms with Crippen LogP contribution in [0.5, 0.6) is 5.88 Å². The van der Waals surface area contributed by atoms with Crippen LogP contribution < -0.4 is 10.5 Å². The summed E-state index contributed by atoms with van der Waals surface area (Å²) in [5, 5.41) is 14.5. The van der Waals surface area contributed by atoms with Crippen LogP contribution in [-0.2, 0) is 24.5 Å². The van der Waals surface area contributed by atoms with Crippen molar-refractivity contribution < 1.29 is 23.8 Å². The van der Waals surface area contributed by atoms with E-state index >= 15 is 0 Å². The Labute approximate surface area is 180 Å². The first kappa shape index (κ1) is 21.9. The Morgan fingerprint density at radius 1 is 1.16 bits per heavy atom. The minimum Gasteiger partial charge on any atom is -0.466 e. The Balaban J connectivity index is 2.28. The topological polar surface area (TPSA) is 129 Å². The molecule has 0 spiro atoms. The zero-order valence-corrected chi connectivity index (χ0v) is 17.7. The molecule has 1 aromatic heterocycles. The molecule has 0 bridgehead atoms. The van der Waals surface area contributed by atoms with Crippen LogP contribution in [0.2, 0.25) is 0 Å². The summed E-state index contributed by atoms with van der Waals surface area (Å²) in [5.74, 6) is -1.10. The van der Waals surface area contributed by atoms with E-state index in [-0.39, 0.29) is 43.4 Å². The van der Waals surface area contributed by atoms with Crippen molar-refractivity contribution in [1.82, 2.24) is 9.78 Å². The number of fused-ring (bicyclic) bond motifs is 1. The Hall–Kier alpha value is -3.80. The average molecular weight is 424 g/mol. The van der Waals surface area contributed by atoms with Crippen molar-refractivity contribution in [2.24, 2.45) is 5.73 Å². The first-order chi connectivity index (χ1) is 14.9. The smallest absolute Gasteiger partial charge is 0.307 e. The summed E-state index contributed by atoms with van der Waals surface area (Å²) in [4.78, 5) is 25.2. The molecule has 3 rings (SSSR count). The standard InChI is InChI=1S/C22H24N4O5/c1-4-29-17(27)11-22(12-18(28)30-5-2)16(13-23)20(24)31-21-19(22)14(3)25-26(21)15-9-7-6-8-10-15/h6-10H,4-5,11-12,24H2,1-3H3. The van der Waals surface area contributed by atoms with Crippen LogP contribution in [0.1, 0.15) is 37.9 Å². The van der Waals surface area contributed by atoms with Gasteiger partial charge in [-0.25, -0.2) is 4.68 Å². The van der Waals surface area contributed by atoms with Gasteiger partial charge in [-0.2, -0.15) is 10.4 Å².